The third-order valence-electron chi connectivity index (χ3n) is 3.15. The Morgan fingerprint density at radius 1 is 1.38 bits per heavy atom. The second-order valence-corrected chi connectivity index (χ2v) is 5.97. The number of halogens is 4. The number of benzene rings is 1. The summed E-state index contributed by atoms with van der Waals surface area (Å²) < 4.78 is 38.1. The number of hydrogen-bond acceptors (Lipinski definition) is 4. The summed E-state index contributed by atoms with van der Waals surface area (Å²) in [5.74, 6) is -0.332. The van der Waals surface area contributed by atoms with Crippen LogP contribution in [0.15, 0.2) is 29.6 Å². The fraction of sp³-hybridized carbons (Fsp3) is 0.333. The number of hydrogen-bond donors (Lipinski definition) is 1. The highest BCUT2D eigenvalue weighted by Gasteiger charge is 2.30. The van der Waals surface area contributed by atoms with Gasteiger partial charge in [-0.05, 0) is 24.2 Å². The van der Waals surface area contributed by atoms with Crippen molar-refractivity contribution in [3.8, 4) is 0 Å². The van der Waals surface area contributed by atoms with Crippen LogP contribution in [-0.4, -0.2) is 29.4 Å². The topological polar surface area (TPSA) is 59.2 Å². The Balaban J connectivity index is 0.00000288. The van der Waals surface area contributed by atoms with Crippen molar-refractivity contribution in [2.45, 2.75) is 19.1 Å². The van der Waals surface area contributed by atoms with Crippen LogP contribution < -0.4 is 5.73 Å². The van der Waals surface area contributed by atoms with Gasteiger partial charge in [0.2, 0.25) is 0 Å². The second kappa shape index (κ2) is 8.46. The van der Waals surface area contributed by atoms with Crippen molar-refractivity contribution in [1.82, 2.24) is 9.88 Å². The molecule has 0 saturated heterocycles. The van der Waals surface area contributed by atoms with E-state index >= 15 is 0 Å². The molecular weight excluding hydrogens is 363 g/mol. The Morgan fingerprint density at radius 3 is 2.71 bits per heavy atom. The minimum absolute atomic E-state index is 0. The predicted octanol–water partition coefficient (Wildman–Crippen LogP) is 3.36. The van der Waals surface area contributed by atoms with Crippen molar-refractivity contribution in [1.29, 1.82) is 0 Å². The summed E-state index contributed by atoms with van der Waals surface area (Å²) in [5, 5.41) is 2.40. The maximum atomic E-state index is 12.7. The first-order valence-corrected chi connectivity index (χ1v) is 7.75. The van der Waals surface area contributed by atoms with Crippen LogP contribution in [0, 0.1) is 0 Å². The van der Waals surface area contributed by atoms with Gasteiger partial charge in [-0.2, -0.15) is 13.2 Å². The van der Waals surface area contributed by atoms with E-state index in [-0.39, 0.29) is 30.6 Å². The fourth-order valence-corrected chi connectivity index (χ4v) is 2.82. The molecule has 4 nitrogen and oxygen atoms in total. The van der Waals surface area contributed by atoms with E-state index < -0.39 is 11.7 Å². The zero-order valence-electron chi connectivity index (χ0n) is 12.8. The molecule has 0 spiro atoms. The molecule has 0 aliphatic carbocycles. The van der Waals surface area contributed by atoms with Crippen LogP contribution in [0.3, 0.4) is 0 Å². The first-order valence-electron chi connectivity index (χ1n) is 6.87. The zero-order valence-corrected chi connectivity index (χ0v) is 14.5. The van der Waals surface area contributed by atoms with Crippen LogP contribution in [-0.2, 0) is 19.1 Å². The molecule has 0 aliphatic heterocycles. The molecule has 9 heteroatoms. The Kier molecular flexibility index (Phi) is 7.19. The van der Waals surface area contributed by atoms with Gasteiger partial charge in [-0.3, -0.25) is 4.79 Å². The van der Waals surface area contributed by atoms with Crippen LogP contribution in [0.25, 0.3) is 0 Å². The number of amides is 1. The smallest absolute Gasteiger partial charge is 0.336 e. The van der Waals surface area contributed by atoms with E-state index in [4.69, 9.17) is 5.73 Å². The van der Waals surface area contributed by atoms with Gasteiger partial charge in [0.25, 0.3) is 5.91 Å². The minimum atomic E-state index is -4.40. The summed E-state index contributed by atoms with van der Waals surface area (Å²) in [7, 11) is 1.53. The van der Waals surface area contributed by atoms with Gasteiger partial charge in [0.1, 0.15) is 5.69 Å². The molecule has 2 rings (SSSR count). The Labute approximate surface area is 147 Å². The molecule has 0 saturated carbocycles. The van der Waals surface area contributed by atoms with E-state index in [1.165, 1.54) is 29.4 Å². The van der Waals surface area contributed by atoms with Crippen molar-refractivity contribution in [2.75, 3.05) is 13.6 Å². The summed E-state index contributed by atoms with van der Waals surface area (Å²) >= 11 is 1.34. The van der Waals surface area contributed by atoms with Gasteiger partial charge in [0, 0.05) is 25.4 Å². The van der Waals surface area contributed by atoms with E-state index in [2.05, 4.69) is 4.98 Å². The molecule has 1 amide bonds. The average molecular weight is 380 g/mol. The molecule has 0 aliphatic rings. The number of nitrogens with zero attached hydrogens (tertiary/aromatic N) is 2. The van der Waals surface area contributed by atoms with Gasteiger partial charge < -0.3 is 10.6 Å². The van der Waals surface area contributed by atoms with Crippen molar-refractivity contribution < 1.29 is 18.0 Å². The highest BCUT2D eigenvalue weighted by molar-refractivity contribution is 7.09. The number of rotatable bonds is 5. The number of aromatic nitrogens is 1. The highest BCUT2D eigenvalue weighted by atomic mass is 35.5. The fourth-order valence-electron chi connectivity index (χ4n) is 2.03. The number of nitrogens with two attached hydrogens (primary N) is 1. The van der Waals surface area contributed by atoms with Crippen LogP contribution >= 0.6 is 23.7 Å². The Morgan fingerprint density at radius 2 is 2.08 bits per heavy atom. The van der Waals surface area contributed by atoms with Gasteiger partial charge in [0.15, 0.2) is 0 Å². The molecular formula is C15H17ClF3N3OS. The standard InChI is InChI=1S/C15H16F3N3OS.ClH/c1-21(14(22)12-9-23-13(20-12)5-6-19)8-10-3-2-4-11(7-10)15(16,17)18;/h2-4,7,9H,5-6,8,19H2,1H3;1H. The molecule has 0 fully saturated rings. The molecule has 0 radical (unpaired) electrons. The first kappa shape index (κ1) is 20.4. The van der Waals surface area contributed by atoms with Crippen LogP contribution in [0.4, 0.5) is 13.2 Å². The molecule has 2 aromatic rings. The van der Waals surface area contributed by atoms with Crippen molar-refractivity contribution >= 4 is 29.7 Å². The van der Waals surface area contributed by atoms with Gasteiger partial charge >= 0.3 is 6.18 Å². The molecule has 1 aromatic carbocycles. The average Bonchev–Trinajstić information content (AvgIpc) is 2.95. The maximum absolute atomic E-state index is 12.7. The van der Waals surface area contributed by atoms with Crippen molar-refractivity contribution in [3.05, 3.63) is 51.5 Å². The molecule has 1 heterocycles. The molecule has 1 aromatic heterocycles. The predicted molar refractivity (Wildman–Crippen MR) is 89.4 cm³/mol. The highest BCUT2D eigenvalue weighted by Crippen LogP contribution is 2.29. The third-order valence-corrected chi connectivity index (χ3v) is 4.06. The number of thiazole rings is 1. The molecule has 0 unspecified atom stereocenters. The first-order chi connectivity index (χ1) is 10.8. The zero-order chi connectivity index (χ0) is 17.0. The summed E-state index contributed by atoms with van der Waals surface area (Å²) in [6.07, 6.45) is -3.81. The summed E-state index contributed by atoms with van der Waals surface area (Å²) in [6.45, 7) is 0.522. The summed E-state index contributed by atoms with van der Waals surface area (Å²) in [4.78, 5) is 17.8. The molecule has 0 bridgehead atoms. The van der Waals surface area contributed by atoms with Crippen LogP contribution in [0.5, 0.6) is 0 Å². The number of alkyl halides is 3. The van der Waals surface area contributed by atoms with Crippen molar-refractivity contribution in [3.63, 3.8) is 0 Å². The lowest BCUT2D eigenvalue weighted by Crippen LogP contribution is -2.26. The number of carbonyl (C=O) groups is 1. The molecule has 2 N–H and O–H groups in total. The molecule has 132 valence electrons. The quantitative estimate of drug-likeness (QED) is 0.866. The van der Waals surface area contributed by atoms with Crippen LogP contribution in [0.2, 0.25) is 0 Å². The number of carbonyl (C=O) groups excluding carboxylic acids is 1. The van der Waals surface area contributed by atoms with E-state index in [1.807, 2.05) is 0 Å². The van der Waals surface area contributed by atoms with E-state index in [0.29, 0.717) is 18.5 Å². The molecule has 0 atom stereocenters. The monoisotopic (exact) mass is 379 g/mol. The van der Waals surface area contributed by atoms with Gasteiger partial charge in [-0.1, -0.05) is 12.1 Å². The Bertz CT molecular complexity index is 691. The largest absolute Gasteiger partial charge is 0.416 e. The Hall–Kier alpha value is -1.64. The normalized spacial score (nSPS) is 11.0. The minimum Gasteiger partial charge on any atom is -0.336 e. The summed E-state index contributed by atoms with van der Waals surface area (Å²) in [5.41, 5.74) is 5.40. The molecule has 24 heavy (non-hydrogen) atoms. The van der Waals surface area contributed by atoms with Gasteiger partial charge in [0.05, 0.1) is 10.6 Å². The van der Waals surface area contributed by atoms with E-state index in [0.717, 1.165) is 17.1 Å². The van der Waals surface area contributed by atoms with E-state index in [9.17, 15) is 18.0 Å². The van der Waals surface area contributed by atoms with Crippen molar-refractivity contribution in [2.24, 2.45) is 5.73 Å². The van der Waals surface area contributed by atoms with Gasteiger partial charge in [-0.25, -0.2) is 4.98 Å². The lowest BCUT2D eigenvalue weighted by Gasteiger charge is -2.17. The SMILES string of the molecule is CN(Cc1cccc(C(F)(F)F)c1)C(=O)c1csc(CCN)n1.Cl. The lowest BCUT2D eigenvalue weighted by atomic mass is 10.1. The third kappa shape index (κ3) is 5.19. The van der Waals surface area contributed by atoms with E-state index in [1.54, 1.807) is 11.4 Å². The van der Waals surface area contributed by atoms with Gasteiger partial charge in [-0.15, -0.1) is 23.7 Å². The second-order valence-electron chi connectivity index (χ2n) is 5.02. The maximum Gasteiger partial charge on any atom is 0.416 e. The lowest BCUT2D eigenvalue weighted by molar-refractivity contribution is -0.137. The van der Waals surface area contributed by atoms with Crippen LogP contribution in [0.1, 0.15) is 26.6 Å². The summed E-state index contributed by atoms with van der Waals surface area (Å²) in [6, 6.07) is 4.94.